The Morgan fingerprint density at radius 2 is 2.00 bits per heavy atom. The molecule has 0 aliphatic heterocycles. The van der Waals surface area contributed by atoms with E-state index in [9.17, 15) is 0 Å². The highest BCUT2D eigenvalue weighted by atomic mass is 16.5. The summed E-state index contributed by atoms with van der Waals surface area (Å²) in [7, 11) is 1.94. The van der Waals surface area contributed by atoms with Crippen LogP contribution in [0.2, 0.25) is 0 Å². The normalized spacial score (nSPS) is 9.13. The molecular formula is C13H21NO. The van der Waals surface area contributed by atoms with E-state index >= 15 is 0 Å². The standard InChI is InChI=1S/C12H17NO.CH4/c1-3-11-5-7-12(8-6-11)14-10-4-9-13-2;/h3,5-8,13H,1,4,9-10H2,2H3;1H4. The molecule has 1 rings (SSSR count). The molecule has 0 heterocycles. The molecule has 1 aromatic carbocycles. The fourth-order valence-electron chi connectivity index (χ4n) is 1.14. The highest BCUT2D eigenvalue weighted by Crippen LogP contribution is 2.12. The summed E-state index contributed by atoms with van der Waals surface area (Å²) in [6, 6.07) is 7.94. The van der Waals surface area contributed by atoms with Gasteiger partial charge in [0.1, 0.15) is 5.75 Å². The van der Waals surface area contributed by atoms with Crippen molar-refractivity contribution in [3.8, 4) is 5.75 Å². The van der Waals surface area contributed by atoms with Crippen molar-refractivity contribution in [2.24, 2.45) is 0 Å². The predicted molar refractivity (Wildman–Crippen MR) is 67.3 cm³/mol. The van der Waals surface area contributed by atoms with Crippen LogP contribution in [0.15, 0.2) is 30.8 Å². The Bertz CT molecular complexity index is 266. The molecule has 84 valence electrons. The molecule has 0 aliphatic carbocycles. The zero-order valence-corrected chi connectivity index (χ0v) is 8.62. The Morgan fingerprint density at radius 3 is 2.53 bits per heavy atom. The molecule has 0 saturated heterocycles. The number of hydrogen-bond donors (Lipinski definition) is 1. The Kier molecular flexibility index (Phi) is 7.38. The predicted octanol–water partition coefficient (Wildman–Crippen LogP) is 2.95. The fraction of sp³-hybridized carbons (Fsp3) is 0.385. The maximum Gasteiger partial charge on any atom is 0.119 e. The van der Waals surface area contributed by atoms with Crippen LogP contribution in [0.25, 0.3) is 6.08 Å². The molecule has 0 amide bonds. The van der Waals surface area contributed by atoms with E-state index in [1.54, 1.807) is 0 Å². The van der Waals surface area contributed by atoms with Gasteiger partial charge >= 0.3 is 0 Å². The topological polar surface area (TPSA) is 21.3 Å². The third kappa shape index (κ3) is 5.23. The lowest BCUT2D eigenvalue weighted by Gasteiger charge is -2.05. The van der Waals surface area contributed by atoms with Gasteiger partial charge in [0, 0.05) is 0 Å². The molecular weight excluding hydrogens is 186 g/mol. The summed E-state index contributed by atoms with van der Waals surface area (Å²) in [5.74, 6) is 0.923. The third-order valence-electron chi connectivity index (χ3n) is 1.96. The number of ether oxygens (including phenoxy) is 1. The second-order valence-electron chi connectivity index (χ2n) is 3.08. The van der Waals surface area contributed by atoms with Crippen molar-refractivity contribution >= 4 is 6.08 Å². The van der Waals surface area contributed by atoms with Crippen LogP contribution < -0.4 is 10.1 Å². The van der Waals surface area contributed by atoms with Gasteiger partial charge in [-0.05, 0) is 37.7 Å². The second kappa shape index (κ2) is 8.06. The van der Waals surface area contributed by atoms with Crippen molar-refractivity contribution in [3.63, 3.8) is 0 Å². The van der Waals surface area contributed by atoms with E-state index < -0.39 is 0 Å². The second-order valence-corrected chi connectivity index (χ2v) is 3.08. The number of benzene rings is 1. The Labute approximate surface area is 93.0 Å². The summed E-state index contributed by atoms with van der Waals surface area (Å²) in [6.07, 6.45) is 2.85. The molecule has 0 aromatic heterocycles. The van der Waals surface area contributed by atoms with E-state index in [0.717, 1.165) is 30.9 Å². The molecule has 0 aliphatic rings. The van der Waals surface area contributed by atoms with E-state index in [2.05, 4.69) is 11.9 Å². The molecule has 0 spiro atoms. The van der Waals surface area contributed by atoms with Crippen LogP contribution in [0.3, 0.4) is 0 Å². The smallest absolute Gasteiger partial charge is 0.119 e. The van der Waals surface area contributed by atoms with E-state index in [1.807, 2.05) is 37.4 Å². The number of nitrogens with one attached hydrogen (secondary N) is 1. The van der Waals surface area contributed by atoms with Gasteiger partial charge in [0.2, 0.25) is 0 Å². The van der Waals surface area contributed by atoms with Crippen LogP contribution in [0, 0.1) is 0 Å². The average Bonchev–Trinajstić information content (AvgIpc) is 2.25. The van der Waals surface area contributed by atoms with Gasteiger partial charge in [-0.15, -0.1) is 0 Å². The zero-order valence-electron chi connectivity index (χ0n) is 8.62. The van der Waals surface area contributed by atoms with E-state index in [0.29, 0.717) is 0 Å². The first kappa shape index (κ1) is 13.7. The van der Waals surface area contributed by atoms with Crippen molar-refractivity contribution < 1.29 is 4.74 Å². The molecule has 0 atom stereocenters. The van der Waals surface area contributed by atoms with Crippen molar-refractivity contribution in [2.45, 2.75) is 13.8 Å². The molecule has 0 radical (unpaired) electrons. The maximum absolute atomic E-state index is 5.53. The summed E-state index contributed by atoms with van der Waals surface area (Å²) < 4.78 is 5.53. The SMILES string of the molecule is C.C=Cc1ccc(OCCCNC)cc1. The van der Waals surface area contributed by atoms with Gasteiger partial charge in [0.05, 0.1) is 6.61 Å². The van der Waals surface area contributed by atoms with Gasteiger partial charge in [-0.1, -0.05) is 32.2 Å². The molecule has 0 saturated carbocycles. The summed E-state index contributed by atoms with van der Waals surface area (Å²) in [6.45, 7) is 5.45. The lowest BCUT2D eigenvalue weighted by atomic mass is 10.2. The molecule has 1 N–H and O–H groups in total. The quantitative estimate of drug-likeness (QED) is 0.724. The minimum absolute atomic E-state index is 0. The number of rotatable bonds is 6. The fourth-order valence-corrected chi connectivity index (χ4v) is 1.14. The highest BCUT2D eigenvalue weighted by molar-refractivity contribution is 5.48. The van der Waals surface area contributed by atoms with Crippen LogP contribution in [-0.2, 0) is 0 Å². The van der Waals surface area contributed by atoms with E-state index in [-0.39, 0.29) is 7.43 Å². The molecule has 2 heteroatoms. The zero-order chi connectivity index (χ0) is 10.2. The van der Waals surface area contributed by atoms with Crippen molar-refractivity contribution in [1.29, 1.82) is 0 Å². The first-order chi connectivity index (χ1) is 6.86. The minimum Gasteiger partial charge on any atom is -0.494 e. The number of hydrogen-bond acceptors (Lipinski definition) is 2. The molecule has 0 bridgehead atoms. The van der Waals surface area contributed by atoms with Gasteiger partial charge in [-0.2, -0.15) is 0 Å². The highest BCUT2D eigenvalue weighted by Gasteiger charge is 1.92. The van der Waals surface area contributed by atoms with Gasteiger partial charge in [-0.3, -0.25) is 0 Å². The molecule has 0 unspecified atom stereocenters. The van der Waals surface area contributed by atoms with Gasteiger partial charge in [0.25, 0.3) is 0 Å². The summed E-state index contributed by atoms with van der Waals surface area (Å²) in [5.41, 5.74) is 1.12. The Morgan fingerprint density at radius 1 is 1.33 bits per heavy atom. The first-order valence-corrected chi connectivity index (χ1v) is 4.86. The van der Waals surface area contributed by atoms with Crippen LogP contribution >= 0.6 is 0 Å². The van der Waals surface area contributed by atoms with Crippen LogP contribution in [0.1, 0.15) is 19.4 Å². The Balaban J connectivity index is 0.00000196. The van der Waals surface area contributed by atoms with Crippen LogP contribution in [-0.4, -0.2) is 20.2 Å². The largest absolute Gasteiger partial charge is 0.494 e. The van der Waals surface area contributed by atoms with Crippen LogP contribution in [0.5, 0.6) is 5.75 Å². The average molecular weight is 207 g/mol. The van der Waals surface area contributed by atoms with Gasteiger partial charge in [-0.25, -0.2) is 0 Å². The molecule has 1 aromatic rings. The van der Waals surface area contributed by atoms with E-state index in [1.165, 1.54) is 0 Å². The summed E-state index contributed by atoms with van der Waals surface area (Å²) in [4.78, 5) is 0. The monoisotopic (exact) mass is 207 g/mol. The first-order valence-electron chi connectivity index (χ1n) is 4.86. The molecule has 0 fully saturated rings. The Hall–Kier alpha value is -1.28. The molecule has 2 nitrogen and oxygen atoms in total. The molecule has 15 heavy (non-hydrogen) atoms. The van der Waals surface area contributed by atoms with Crippen molar-refractivity contribution in [1.82, 2.24) is 5.32 Å². The van der Waals surface area contributed by atoms with E-state index in [4.69, 9.17) is 4.74 Å². The van der Waals surface area contributed by atoms with Gasteiger partial charge < -0.3 is 10.1 Å². The van der Waals surface area contributed by atoms with Crippen LogP contribution in [0.4, 0.5) is 0 Å². The summed E-state index contributed by atoms with van der Waals surface area (Å²) >= 11 is 0. The maximum atomic E-state index is 5.53. The third-order valence-corrected chi connectivity index (χ3v) is 1.96. The minimum atomic E-state index is 0. The lowest BCUT2D eigenvalue weighted by Crippen LogP contribution is -2.11. The summed E-state index contributed by atoms with van der Waals surface area (Å²) in [5, 5.41) is 3.08. The van der Waals surface area contributed by atoms with Gasteiger partial charge in [0.15, 0.2) is 0 Å². The lowest BCUT2D eigenvalue weighted by molar-refractivity contribution is 0.310. The van der Waals surface area contributed by atoms with Crippen molar-refractivity contribution in [2.75, 3.05) is 20.2 Å². The van der Waals surface area contributed by atoms with Crippen molar-refractivity contribution in [3.05, 3.63) is 36.4 Å².